The highest BCUT2D eigenvalue weighted by Gasteiger charge is 2.35. The SMILES string of the molecule is O=C(OC(C(=O)N1CCCC1)c1ccccc1)C1CCN(C(=O)Nc2ccccc2)CC1. The van der Waals surface area contributed by atoms with Gasteiger partial charge in [-0.15, -0.1) is 0 Å². The number of ether oxygens (including phenoxy) is 1. The van der Waals surface area contributed by atoms with Crippen molar-refractivity contribution in [3.63, 3.8) is 0 Å². The average molecular weight is 436 g/mol. The molecule has 168 valence electrons. The van der Waals surface area contributed by atoms with Crippen molar-refractivity contribution in [1.29, 1.82) is 0 Å². The van der Waals surface area contributed by atoms with E-state index in [4.69, 9.17) is 4.74 Å². The zero-order valence-corrected chi connectivity index (χ0v) is 18.1. The average Bonchev–Trinajstić information content (AvgIpc) is 3.38. The van der Waals surface area contributed by atoms with Crippen molar-refractivity contribution in [2.24, 2.45) is 5.92 Å². The molecule has 4 rings (SSSR count). The summed E-state index contributed by atoms with van der Waals surface area (Å²) in [5.41, 5.74) is 1.43. The third kappa shape index (κ3) is 5.28. The molecule has 1 N–H and O–H groups in total. The summed E-state index contributed by atoms with van der Waals surface area (Å²) in [4.78, 5) is 42.0. The van der Waals surface area contributed by atoms with E-state index >= 15 is 0 Å². The minimum Gasteiger partial charge on any atom is -0.447 e. The molecule has 7 nitrogen and oxygen atoms in total. The van der Waals surface area contributed by atoms with Crippen LogP contribution in [0, 0.1) is 5.92 Å². The van der Waals surface area contributed by atoms with Gasteiger partial charge in [0, 0.05) is 37.4 Å². The van der Waals surface area contributed by atoms with Gasteiger partial charge in [0.25, 0.3) is 5.91 Å². The molecule has 2 saturated heterocycles. The number of carbonyl (C=O) groups is 3. The van der Waals surface area contributed by atoms with Crippen molar-refractivity contribution < 1.29 is 19.1 Å². The van der Waals surface area contributed by atoms with Crippen molar-refractivity contribution in [3.8, 4) is 0 Å². The van der Waals surface area contributed by atoms with E-state index in [1.165, 1.54) is 0 Å². The lowest BCUT2D eigenvalue weighted by Gasteiger charge is -2.32. The fraction of sp³-hybridized carbons (Fsp3) is 0.400. The maximum atomic E-state index is 13.1. The number of anilines is 1. The minimum absolute atomic E-state index is 0.151. The summed E-state index contributed by atoms with van der Waals surface area (Å²) in [7, 11) is 0. The van der Waals surface area contributed by atoms with Crippen LogP contribution < -0.4 is 5.32 Å². The van der Waals surface area contributed by atoms with Crippen LogP contribution in [-0.2, 0) is 14.3 Å². The molecule has 2 fully saturated rings. The van der Waals surface area contributed by atoms with Gasteiger partial charge < -0.3 is 19.9 Å². The van der Waals surface area contributed by atoms with Gasteiger partial charge in [-0.3, -0.25) is 9.59 Å². The fourth-order valence-corrected chi connectivity index (χ4v) is 4.25. The highest BCUT2D eigenvalue weighted by atomic mass is 16.5. The lowest BCUT2D eigenvalue weighted by atomic mass is 9.97. The molecule has 7 heteroatoms. The second-order valence-electron chi connectivity index (χ2n) is 8.32. The monoisotopic (exact) mass is 435 g/mol. The Bertz CT molecular complexity index is 921. The molecule has 2 aromatic rings. The van der Waals surface area contributed by atoms with Crippen LogP contribution in [0.25, 0.3) is 0 Å². The Labute approximate surface area is 188 Å². The summed E-state index contributed by atoms with van der Waals surface area (Å²) in [6.07, 6.45) is 2.07. The molecular weight excluding hydrogens is 406 g/mol. The molecule has 2 aliphatic rings. The van der Waals surface area contributed by atoms with E-state index in [9.17, 15) is 14.4 Å². The second-order valence-corrected chi connectivity index (χ2v) is 8.32. The van der Waals surface area contributed by atoms with Gasteiger partial charge in [0.15, 0.2) is 0 Å². The van der Waals surface area contributed by atoms with Crippen LogP contribution in [-0.4, -0.2) is 53.9 Å². The van der Waals surface area contributed by atoms with Crippen LogP contribution >= 0.6 is 0 Å². The predicted octanol–water partition coefficient (Wildman–Crippen LogP) is 3.84. The topological polar surface area (TPSA) is 79.0 Å². The van der Waals surface area contributed by atoms with Crippen molar-refractivity contribution in [2.75, 3.05) is 31.5 Å². The number of nitrogens with zero attached hydrogens (tertiary/aromatic N) is 2. The van der Waals surface area contributed by atoms with E-state index in [0.29, 0.717) is 44.6 Å². The van der Waals surface area contributed by atoms with Crippen LogP contribution in [0.15, 0.2) is 60.7 Å². The Morgan fingerprint density at radius 2 is 1.41 bits per heavy atom. The number of amides is 3. The van der Waals surface area contributed by atoms with Gasteiger partial charge in [0.2, 0.25) is 6.10 Å². The molecule has 0 bridgehead atoms. The molecule has 0 spiro atoms. The molecule has 32 heavy (non-hydrogen) atoms. The zero-order chi connectivity index (χ0) is 22.3. The number of para-hydroxylation sites is 1. The fourth-order valence-electron chi connectivity index (χ4n) is 4.25. The number of hydrogen-bond acceptors (Lipinski definition) is 4. The summed E-state index contributed by atoms with van der Waals surface area (Å²) in [6.45, 7) is 2.34. The molecule has 3 amide bonds. The number of benzene rings is 2. The largest absolute Gasteiger partial charge is 0.447 e. The number of esters is 1. The number of carbonyl (C=O) groups excluding carboxylic acids is 3. The van der Waals surface area contributed by atoms with Gasteiger partial charge in [-0.1, -0.05) is 48.5 Å². The highest BCUT2D eigenvalue weighted by molar-refractivity contribution is 5.89. The van der Waals surface area contributed by atoms with Crippen LogP contribution in [0.2, 0.25) is 0 Å². The van der Waals surface area contributed by atoms with Gasteiger partial charge in [0.1, 0.15) is 0 Å². The second kappa shape index (κ2) is 10.3. The van der Waals surface area contributed by atoms with Gasteiger partial charge in [-0.05, 0) is 37.8 Å². The number of nitrogens with one attached hydrogen (secondary N) is 1. The van der Waals surface area contributed by atoms with Crippen LogP contribution in [0.4, 0.5) is 10.5 Å². The first-order valence-corrected chi connectivity index (χ1v) is 11.3. The molecule has 1 atom stereocenters. The zero-order valence-electron chi connectivity index (χ0n) is 18.1. The molecule has 1 unspecified atom stereocenters. The number of urea groups is 1. The maximum absolute atomic E-state index is 13.1. The van der Waals surface area contributed by atoms with E-state index in [1.807, 2.05) is 60.7 Å². The Hall–Kier alpha value is -3.35. The number of hydrogen-bond donors (Lipinski definition) is 1. The highest BCUT2D eigenvalue weighted by Crippen LogP contribution is 2.27. The van der Waals surface area contributed by atoms with Crippen LogP contribution in [0.1, 0.15) is 37.4 Å². The molecule has 0 aromatic heterocycles. The smallest absolute Gasteiger partial charge is 0.321 e. The quantitative estimate of drug-likeness (QED) is 0.724. The summed E-state index contributed by atoms with van der Waals surface area (Å²) in [6, 6.07) is 18.3. The summed E-state index contributed by atoms with van der Waals surface area (Å²) < 4.78 is 5.79. The van der Waals surface area contributed by atoms with E-state index in [-0.39, 0.29) is 23.8 Å². The number of likely N-dealkylation sites (tertiary alicyclic amines) is 2. The predicted molar refractivity (Wildman–Crippen MR) is 121 cm³/mol. The summed E-state index contributed by atoms with van der Waals surface area (Å²) in [5, 5.41) is 2.88. The van der Waals surface area contributed by atoms with Crippen molar-refractivity contribution in [2.45, 2.75) is 31.8 Å². The lowest BCUT2D eigenvalue weighted by molar-refractivity contribution is -0.165. The Kier molecular flexibility index (Phi) is 7.04. The maximum Gasteiger partial charge on any atom is 0.321 e. The number of piperidine rings is 1. The molecule has 0 radical (unpaired) electrons. The van der Waals surface area contributed by atoms with Crippen molar-refractivity contribution >= 4 is 23.6 Å². The first-order valence-electron chi connectivity index (χ1n) is 11.3. The molecule has 2 heterocycles. The summed E-state index contributed by atoms with van der Waals surface area (Å²) >= 11 is 0. The Morgan fingerprint density at radius 3 is 2.03 bits per heavy atom. The molecule has 0 saturated carbocycles. The van der Waals surface area contributed by atoms with Gasteiger partial charge >= 0.3 is 12.0 Å². The molecule has 0 aliphatic carbocycles. The van der Waals surface area contributed by atoms with Gasteiger partial charge in [-0.2, -0.15) is 0 Å². The normalized spacial score (nSPS) is 17.6. The molecule has 2 aliphatic heterocycles. The third-order valence-electron chi connectivity index (χ3n) is 6.12. The lowest BCUT2D eigenvalue weighted by Crippen LogP contribution is -2.43. The third-order valence-corrected chi connectivity index (χ3v) is 6.12. The van der Waals surface area contributed by atoms with E-state index in [1.54, 1.807) is 9.80 Å². The molecular formula is C25H29N3O4. The first kappa shape index (κ1) is 21.9. The Morgan fingerprint density at radius 1 is 0.812 bits per heavy atom. The van der Waals surface area contributed by atoms with E-state index in [2.05, 4.69) is 5.32 Å². The molecule has 2 aromatic carbocycles. The van der Waals surface area contributed by atoms with E-state index < -0.39 is 6.10 Å². The first-order chi connectivity index (χ1) is 15.6. The van der Waals surface area contributed by atoms with Gasteiger partial charge in [-0.25, -0.2) is 4.79 Å². The van der Waals surface area contributed by atoms with Gasteiger partial charge in [0.05, 0.1) is 5.92 Å². The van der Waals surface area contributed by atoms with Crippen molar-refractivity contribution in [1.82, 2.24) is 9.80 Å². The van der Waals surface area contributed by atoms with Crippen molar-refractivity contribution in [3.05, 3.63) is 66.2 Å². The summed E-state index contributed by atoms with van der Waals surface area (Å²) in [5.74, 6) is -0.843. The minimum atomic E-state index is -0.916. The van der Waals surface area contributed by atoms with E-state index in [0.717, 1.165) is 18.5 Å². The standard InChI is InChI=1S/C25H29N3O4/c29-23(27-15-7-8-16-27)22(19-9-3-1-4-10-19)32-24(30)20-13-17-28(18-14-20)25(31)26-21-11-5-2-6-12-21/h1-6,9-12,20,22H,7-8,13-18H2,(H,26,31). The Balaban J connectivity index is 1.35. The van der Waals surface area contributed by atoms with Crippen LogP contribution in [0.3, 0.4) is 0 Å². The number of rotatable bonds is 5. The van der Waals surface area contributed by atoms with Crippen LogP contribution in [0.5, 0.6) is 0 Å².